The number of carbonyl (C=O) groups is 1. The van der Waals surface area contributed by atoms with Gasteiger partial charge in [-0.25, -0.2) is 9.37 Å². The van der Waals surface area contributed by atoms with Crippen LogP contribution in [0.4, 0.5) is 4.39 Å². The Morgan fingerprint density at radius 3 is 2.88 bits per heavy atom. The van der Waals surface area contributed by atoms with Gasteiger partial charge in [-0.05, 0) is 36.2 Å². The largest absolute Gasteiger partial charge is 0.494 e. The van der Waals surface area contributed by atoms with Crippen LogP contribution in [0.1, 0.15) is 27.5 Å². The second-order valence-electron chi connectivity index (χ2n) is 6.10. The number of aromatic nitrogens is 1. The van der Waals surface area contributed by atoms with E-state index in [9.17, 15) is 9.18 Å². The molecule has 5 nitrogen and oxygen atoms in total. The molecule has 2 heterocycles. The van der Waals surface area contributed by atoms with Crippen molar-refractivity contribution in [3.63, 3.8) is 0 Å². The molecular weight excluding hydrogens is 309 g/mol. The monoisotopic (exact) mass is 329 g/mol. The number of nitrogens with two attached hydrogens (primary N) is 1. The van der Waals surface area contributed by atoms with E-state index in [4.69, 9.17) is 10.5 Å². The Kier molecular flexibility index (Phi) is 4.49. The van der Waals surface area contributed by atoms with Crippen LogP contribution >= 0.6 is 0 Å². The van der Waals surface area contributed by atoms with E-state index in [-0.39, 0.29) is 29.4 Å². The van der Waals surface area contributed by atoms with Crippen LogP contribution in [0.5, 0.6) is 5.75 Å². The van der Waals surface area contributed by atoms with Crippen LogP contribution in [0.2, 0.25) is 0 Å². The fourth-order valence-electron chi connectivity index (χ4n) is 3.09. The van der Waals surface area contributed by atoms with Gasteiger partial charge in [0.25, 0.3) is 5.91 Å². The van der Waals surface area contributed by atoms with E-state index in [0.717, 1.165) is 11.1 Å². The zero-order chi connectivity index (χ0) is 17.3. The van der Waals surface area contributed by atoms with Crippen LogP contribution in [0, 0.1) is 12.7 Å². The van der Waals surface area contributed by atoms with Gasteiger partial charge in [0.2, 0.25) is 0 Å². The van der Waals surface area contributed by atoms with E-state index in [1.54, 1.807) is 23.2 Å². The third-order valence-corrected chi connectivity index (χ3v) is 4.34. The highest BCUT2D eigenvalue weighted by atomic mass is 19.1. The molecule has 0 bridgehead atoms. The highest BCUT2D eigenvalue weighted by Crippen LogP contribution is 2.29. The van der Waals surface area contributed by atoms with Crippen molar-refractivity contribution in [2.24, 2.45) is 5.73 Å². The molecule has 1 aromatic heterocycles. The number of hydrogen-bond donors (Lipinski definition) is 1. The predicted molar refractivity (Wildman–Crippen MR) is 88.5 cm³/mol. The number of amides is 1. The van der Waals surface area contributed by atoms with Gasteiger partial charge in [-0.1, -0.05) is 12.1 Å². The summed E-state index contributed by atoms with van der Waals surface area (Å²) in [5, 5.41) is 0. The number of aryl methyl sites for hydroxylation is 1. The number of ether oxygens (including phenoxy) is 1. The number of carbonyl (C=O) groups excluding carboxylic acids is 1. The molecule has 2 aromatic rings. The second kappa shape index (κ2) is 6.57. The lowest BCUT2D eigenvalue weighted by Crippen LogP contribution is -2.32. The number of hydrogen-bond acceptors (Lipinski definition) is 4. The summed E-state index contributed by atoms with van der Waals surface area (Å²) in [5.74, 6) is -0.170. The molecule has 1 aliphatic rings. The van der Waals surface area contributed by atoms with Gasteiger partial charge < -0.3 is 15.4 Å². The minimum Gasteiger partial charge on any atom is -0.494 e. The molecule has 1 amide bonds. The van der Waals surface area contributed by atoms with Crippen LogP contribution in [0.15, 0.2) is 36.5 Å². The fraction of sp³-hybridized carbons (Fsp3) is 0.333. The van der Waals surface area contributed by atoms with Crippen molar-refractivity contribution in [1.82, 2.24) is 9.88 Å². The summed E-state index contributed by atoms with van der Waals surface area (Å²) >= 11 is 0. The minimum atomic E-state index is -0.300. The SMILES string of the molecule is COc1cc(C)cnc1C(=O)N1C[C@@H](N)[C@H](c2cccc(F)c2)C1. The highest BCUT2D eigenvalue weighted by Gasteiger charge is 2.35. The van der Waals surface area contributed by atoms with Crippen molar-refractivity contribution in [2.75, 3.05) is 20.2 Å². The molecule has 0 unspecified atom stereocenters. The first kappa shape index (κ1) is 16.4. The number of benzene rings is 1. The number of methoxy groups -OCH3 is 1. The molecule has 1 fully saturated rings. The Bertz CT molecular complexity index is 766. The molecule has 3 rings (SSSR count). The molecule has 24 heavy (non-hydrogen) atoms. The lowest BCUT2D eigenvalue weighted by molar-refractivity contribution is 0.0779. The first-order valence-electron chi connectivity index (χ1n) is 7.80. The molecule has 0 spiro atoms. The van der Waals surface area contributed by atoms with Gasteiger partial charge in [0.1, 0.15) is 11.6 Å². The third-order valence-electron chi connectivity index (χ3n) is 4.34. The molecule has 1 aliphatic heterocycles. The van der Waals surface area contributed by atoms with Crippen molar-refractivity contribution in [2.45, 2.75) is 18.9 Å². The van der Waals surface area contributed by atoms with Crippen molar-refractivity contribution >= 4 is 5.91 Å². The highest BCUT2D eigenvalue weighted by molar-refractivity contribution is 5.95. The maximum Gasteiger partial charge on any atom is 0.276 e. The number of halogens is 1. The van der Waals surface area contributed by atoms with E-state index in [1.807, 2.05) is 13.0 Å². The van der Waals surface area contributed by atoms with E-state index < -0.39 is 0 Å². The van der Waals surface area contributed by atoms with Gasteiger partial charge in [-0.15, -0.1) is 0 Å². The predicted octanol–water partition coefficient (Wildman–Crippen LogP) is 2.10. The van der Waals surface area contributed by atoms with Crippen LogP contribution < -0.4 is 10.5 Å². The van der Waals surface area contributed by atoms with Gasteiger partial charge in [-0.2, -0.15) is 0 Å². The first-order chi connectivity index (χ1) is 11.5. The number of likely N-dealkylation sites (tertiary alicyclic amines) is 1. The Balaban J connectivity index is 1.83. The molecule has 1 saturated heterocycles. The lowest BCUT2D eigenvalue weighted by atomic mass is 9.95. The molecule has 0 radical (unpaired) electrons. The molecular formula is C18H20FN3O2. The first-order valence-corrected chi connectivity index (χ1v) is 7.80. The number of nitrogens with zero attached hydrogens (tertiary/aromatic N) is 2. The third kappa shape index (κ3) is 3.10. The maximum absolute atomic E-state index is 13.5. The second-order valence-corrected chi connectivity index (χ2v) is 6.10. The van der Waals surface area contributed by atoms with Crippen LogP contribution in [-0.2, 0) is 0 Å². The van der Waals surface area contributed by atoms with E-state index in [1.165, 1.54) is 19.2 Å². The minimum absolute atomic E-state index is 0.0962. The van der Waals surface area contributed by atoms with Gasteiger partial charge in [0, 0.05) is 31.2 Å². The lowest BCUT2D eigenvalue weighted by Gasteiger charge is -2.17. The summed E-state index contributed by atoms with van der Waals surface area (Å²) in [6, 6.07) is 7.91. The fourth-order valence-corrected chi connectivity index (χ4v) is 3.09. The van der Waals surface area contributed by atoms with E-state index in [0.29, 0.717) is 18.8 Å². The van der Waals surface area contributed by atoms with Crippen molar-refractivity contribution < 1.29 is 13.9 Å². The normalized spacial score (nSPS) is 20.2. The van der Waals surface area contributed by atoms with Crippen molar-refractivity contribution in [1.29, 1.82) is 0 Å². The van der Waals surface area contributed by atoms with Crippen molar-refractivity contribution in [3.05, 3.63) is 59.2 Å². The van der Waals surface area contributed by atoms with E-state index >= 15 is 0 Å². The maximum atomic E-state index is 13.5. The number of rotatable bonds is 3. The molecule has 0 saturated carbocycles. The summed E-state index contributed by atoms with van der Waals surface area (Å²) < 4.78 is 18.7. The average molecular weight is 329 g/mol. The van der Waals surface area contributed by atoms with Crippen LogP contribution in [0.25, 0.3) is 0 Å². The van der Waals surface area contributed by atoms with Crippen molar-refractivity contribution in [3.8, 4) is 5.75 Å². The zero-order valence-electron chi connectivity index (χ0n) is 13.7. The Labute approximate surface area is 140 Å². The summed E-state index contributed by atoms with van der Waals surface area (Å²) in [5.41, 5.74) is 8.19. The molecule has 2 N–H and O–H groups in total. The molecule has 1 aromatic carbocycles. The Morgan fingerprint density at radius 2 is 2.17 bits per heavy atom. The van der Waals surface area contributed by atoms with E-state index in [2.05, 4.69) is 4.98 Å². The summed E-state index contributed by atoms with van der Waals surface area (Å²) in [7, 11) is 1.51. The molecule has 2 atom stereocenters. The molecule has 0 aliphatic carbocycles. The van der Waals surface area contributed by atoms with Gasteiger partial charge in [-0.3, -0.25) is 4.79 Å². The van der Waals surface area contributed by atoms with Crippen LogP contribution in [-0.4, -0.2) is 42.0 Å². The Morgan fingerprint density at radius 1 is 1.38 bits per heavy atom. The molecule has 6 heteroatoms. The molecule has 126 valence electrons. The van der Waals surface area contributed by atoms with Gasteiger partial charge in [0.05, 0.1) is 7.11 Å². The zero-order valence-corrected chi connectivity index (χ0v) is 13.7. The summed E-state index contributed by atoms with van der Waals surface area (Å²) in [6.45, 7) is 2.72. The van der Waals surface area contributed by atoms with Crippen LogP contribution in [0.3, 0.4) is 0 Å². The van der Waals surface area contributed by atoms with Gasteiger partial charge in [0.15, 0.2) is 5.69 Å². The topological polar surface area (TPSA) is 68.5 Å². The Hall–Kier alpha value is -2.47. The number of pyridine rings is 1. The summed E-state index contributed by atoms with van der Waals surface area (Å²) in [6.07, 6.45) is 1.63. The quantitative estimate of drug-likeness (QED) is 0.936. The van der Waals surface area contributed by atoms with Gasteiger partial charge >= 0.3 is 0 Å². The average Bonchev–Trinajstić information content (AvgIpc) is 2.96. The smallest absolute Gasteiger partial charge is 0.276 e. The standard InChI is InChI=1S/C18H20FN3O2/c1-11-6-16(24-2)17(21-8-11)18(23)22-9-14(15(20)10-22)12-4-3-5-13(19)7-12/h3-8,14-15H,9-10,20H2,1-2H3/t14-,15+/m0/s1. The summed E-state index contributed by atoms with van der Waals surface area (Å²) in [4.78, 5) is 18.6.